The molecule has 0 bridgehead atoms. The SMILES string of the molecule is CCCCc1ccc(C(=O)Oc2ccc(C(=O)Oc3ccc(C#N)cc3)c(Cl)c2)cc1. The fourth-order valence-electron chi connectivity index (χ4n) is 2.84. The Hall–Kier alpha value is -3.62. The van der Waals surface area contributed by atoms with E-state index >= 15 is 0 Å². The Morgan fingerprint density at radius 2 is 1.55 bits per heavy atom. The molecule has 0 aliphatic carbocycles. The van der Waals surface area contributed by atoms with Gasteiger partial charge in [-0.05, 0) is 66.9 Å². The van der Waals surface area contributed by atoms with Crippen LogP contribution in [-0.2, 0) is 6.42 Å². The summed E-state index contributed by atoms with van der Waals surface area (Å²) in [6.45, 7) is 2.13. The van der Waals surface area contributed by atoms with Gasteiger partial charge in [-0.25, -0.2) is 9.59 Å². The van der Waals surface area contributed by atoms with Crippen LogP contribution in [-0.4, -0.2) is 11.9 Å². The van der Waals surface area contributed by atoms with Crippen molar-refractivity contribution in [3.63, 3.8) is 0 Å². The van der Waals surface area contributed by atoms with Gasteiger partial charge in [0.2, 0.25) is 0 Å². The molecule has 3 aromatic rings. The molecule has 0 radical (unpaired) electrons. The molecular weight excluding hydrogens is 414 g/mol. The molecule has 3 rings (SSSR count). The van der Waals surface area contributed by atoms with Gasteiger partial charge in [-0.1, -0.05) is 37.1 Å². The van der Waals surface area contributed by atoms with Gasteiger partial charge in [0.15, 0.2) is 0 Å². The number of nitrogens with zero attached hydrogens (tertiary/aromatic N) is 1. The number of carbonyl (C=O) groups excluding carboxylic acids is 2. The van der Waals surface area contributed by atoms with E-state index in [-0.39, 0.29) is 22.1 Å². The zero-order chi connectivity index (χ0) is 22.2. The number of benzene rings is 3. The van der Waals surface area contributed by atoms with Crippen molar-refractivity contribution in [1.29, 1.82) is 5.26 Å². The maximum absolute atomic E-state index is 12.4. The van der Waals surface area contributed by atoms with Crippen LogP contribution in [0.4, 0.5) is 0 Å². The van der Waals surface area contributed by atoms with Gasteiger partial charge in [0.1, 0.15) is 11.5 Å². The van der Waals surface area contributed by atoms with E-state index in [2.05, 4.69) is 6.92 Å². The van der Waals surface area contributed by atoms with Crippen LogP contribution in [0.1, 0.15) is 51.6 Å². The molecule has 0 aliphatic heterocycles. The molecule has 0 saturated heterocycles. The monoisotopic (exact) mass is 433 g/mol. The Morgan fingerprint density at radius 1 is 0.903 bits per heavy atom. The summed E-state index contributed by atoms with van der Waals surface area (Å²) in [5, 5.41) is 8.91. The predicted octanol–water partition coefficient (Wildman–Crippen LogP) is 5.99. The molecule has 0 aliphatic rings. The van der Waals surface area contributed by atoms with E-state index in [0.29, 0.717) is 11.1 Å². The Bertz CT molecular complexity index is 1120. The van der Waals surface area contributed by atoms with Crippen LogP contribution in [0.2, 0.25) is 5.02 Å². The Labute approximate surface area is 185 Å². The first-order chi connectivity index (χ1) is 15.0. The first kappa shape index (κ1) is 22.1. The van der Waals surface area contributed by atoms with Gasteiger partial charge in [0.05, 0.1) is 27.8 Å². The van der Waals surface area contributed by atoms with Gasteiger partial charge in [0, 0.05) is 6.07 Å². The lowest BCUT2D eigenvalue weighted by Gasteiger charge is -2.09. The fourth-order valence-corrected chi connectivity index (χ4v) is 3.09. The molecule has 0 saturated carbocycles. The Kier molecular flexibility index (Phi) is 7.42. The Balaban J connectivity index is 1.64. The number of rotatable bonds is 7. The second-order valence-electron chi connectivity index (χ2n) is 6.86. The van der Waals surface area contributed by atoms with E-state index in [4.69, 9.17) is 26.3 Å². The maximum Gasteiger partial charge on any atom is 0.345 e. The summed E-state index contributed by atoms with van der Waals surface area (Å²) in [6.07, 6.45) is 3.19. The predicted molar refractivity (Wildman–Crippen MR) is 118 cm³/mol. The molecule has 0 heterocycles. The Morgan fingerprint density at radius 3 is 2.16 bits per heavy atom. The molecule has 0 spiro atoms. The van der Waals surface area contributed by atoms with Crippen LogP contribution < -0.4 is 9.47 Å². The van der Waals surface area contributed by atoms with Gasteiger partial charge in [-0.15, -0.1) is 0 Å². The highest BCUT2D eigenvalue weighted by Gasteiger charge is 2.16. The molecule has 0 aromatic heterocycles. The van der Waals surface area contributed by atoms with E-state index in [1.165, 1.54) is 35.9 Å². The molecule has 0 N–H and O–H groups in total. The molecule has 6 heteroatoms. The summed E-state index contributed by atoms with van der Waals surface area (Å²) >= 11 is 6.20. The van der Waals surface area contributed by atoms with Crippen molar-refractivity contribution >= 4 is 23.5 Å². The summed E-state index contributed by atoms with van der Waals surface area (Å²) in [7, 11) is 0. The van der Waals surface area contributed by atoms with Crippen LogP contribution in [0, 0.1) is 11.3 Å². The third-order valence-electron chi connectivity index (χ3n) is 4.57. The average molecular weight is 434 g/mol. The smallest absolute Gasteiger partial charge is 0.345 e. The topological polar surface area (TPSA) is 76.4 Å². The van der Waals surface area contributed by atoms with Crippen molar-refractivity contribution in [1.82, 2.24) is 0 Å². The zero-order valence-corrected chi connectivity index (χ0v) is 17.7. The van der Waals surface area contributed by atoms with Gasteiger partial charge >= 0.3 is 11.9 Å². The third-order valence-corrected chi connectivity index (χ3v) is 4.89. The molecule has 5 nitrogen and oxygen atoms in total. The van der Waals surface area contributed by atoms with Gasteiger partial charge in [-0.2, -0.15) is 5.26 Å². The number of esters is 2. The number of hydrogen-bond donors (Lipinski definition) is 0. The van der Waals surface area contributed by atoms with Crippen molar-refractivity contribution in [2.75, 3.05) is 0 Å². The van der Waals surface area contributed by atoms with E-state index in [1.54, 1.807) is 24.3 Å². The van der Waals surface area contributed by atoms with Crippen molar-refractivity contribution in [2.24, 2.45) is 0 Å². The molecule has 0 atom stereocenters. The summed E-state index contributed by atoms with van der Waals surface area (Å²) in [4.78, 5) is 24.8. The number of ether oxygens (including phenoxy) is 2. The van der Waals surface area contributed by atoms with Crippen molar-refractivity contribution in [3.05, 3.63) is 94.0 Å². The van der Waals surface area contributed by atoms with Crippen LogP contribution in [0.25, 0.3) is 0 Å². The first-order valence-corrected chi connectivity index (χ1v) is 10.2. The highest BCUT2D eigenvalue weighted by atomic mass is 35.5. The highest BCUT2D eigenvalue weighted by molar-refractivity contribution is 6.33. The van der Waals surface area contributed by atoms with Gasteiger partial charge in [0.25, 0.3) is 0 Å². The number of halogens is 1. The van der Waals surface area contributed by atoms with Crippen molar-refractivity contribution in [3.8, 4) is 17.6 Å². The van der Waals surface area contributed by atoms with E-state index < -0.39 is 11.9 Å². The van der Waals surface area contributed by atoms with E-state index in [1.807, 2.05) is 18.2 Å². The standard InChI is InChI=1S/C25H20ClNO4/c1-2-3-4-17-5-9-19(10-6-17)24(28)31-21-13-14-22(23(26)15-21)25(29)30-20-11-7-18(16-27)8-12-20/h5-15H,2-4H2,1H3. The third kappa shape index (κ3) is 5.94. The number of hydrogen-bond acceptors (Lipinski definition) is 5. The molecular formula is C25H20ClNO4. The van der Waals surface area contributed by atoms with Crippen LogP contribution in [0.3, 0.4) is 0 Å². The summed E-state index contributed by atoms with van der Waals surface area (Å²) in [5.41, 5.74) is 2.19. The normalized spacial score (nSPS) is 10.2. The van der Waals surface area contributed by atoms with Gasteiger partial charge < -0.3 is 9.47 Å². The van der Waals surface area contributed by atoms with Crippen molar-refractivity contribution < 1.29 is 19.1 Å². The minimum absolute atomic E-state index is 0.0962. The number of carbonyl (C=O) groups is 2. The number of nitriles is 1. The summed E-state index contributed by atoms with van der Waals surface area (Å²) < 4.78 is 10.6. The molecule has 31 heavy (non-hydrogen) atoms. The molecule has 3 aromatic carbocycles. The van der Waals surface area contributed by atoms with E-state index in [0.717, 1.165) is 19.3 Å². The van der Waals surface area contributed by atoms with Crippen LogP contribution >= 0.6 is 11.6 Å². The minimum atomic E-state index is -0.657. The second kappa shape index (κ2) is 10.4. The number of unbranched alkanes of at least 4 members (excludes halogenated alkanes) is 1. The fraction of sp³-hybridized carbons (Fsp3) is 0.160. The van der Waals surface area contributed by atoms with Gasteiger partial charge in [-0.3, -0.25) is 0 Å². The largest absolute Gasteiger partial charge is 0.423 e. The lowest BCUT2D eigenvalue weighted by Crippen LogP contribution is -2.11. The first-order valence-electron chi connectivity index (χ1n) is 9.83. The lowest BCUT2D eigenvalue weighted by molar-refractivity contribution is 0.0730. The van der Waals surface area contributed by atoms with Crippen molar-refractivity contribution in [2.45, 2.75) is 26.2 Å². The van der Waals surface area contributed by atoms with Crippen LogP contribution in [0.5, 0.6) is 11.5 Å². The highest BCUT2D eigenvalue weighted by Crippen LogP contribution is 2.25. The lowest BCUT2D eigenvalue weighted by atomic mass is 10.1. The van der Waals surface area contributed by atoms with Crippen LogP contribution in [0.15, 0.2) is 66.7 Å². The molecule has 0 fully saturated rings. The minimum Gasteiger partial charge on any atom is -0.423 e. The second-order valence-corrected chi connectivity index (χ2v) is 7.26. The number of aryl methyl sites for hydroxylation is 1. The zero-order valence-electron chi connectivity index (χ0n) is 16.9. The summed E-state index contributed by atoms with van der Waals surface area (Å²) in [6, 6.07) is 19.7. The maximum atomic E-state index is 12.4. The van der Waals surface area contributed by atoms with E-state index in [9.17, 15) is 9.59 Å². The quantitative estimate of drug-likeness (QED) is 0.337. The molecule has 0 unspecified atom stereocenters. The molecule has 156 valence electrons. The average Bonchev–Trinajstić information content (AvgIpc) is 2.78. The summed E-state index contributed by atoms with van der Waals surface area (Å²) in [5.74, 6) is -0.654. The molecule has 0 amide bonds.